The molecule has 1 aromatic rings. The number of carbonyl (C=O) groups excluding carboxylic acids is 1. The molecule has 0 aliphatic rings. The molecule has 0 radical (unpaired) electrons. The highest BCUT2D eigenvalue weighted by molar-refractivity contribution is 5.63. The van der Waals surface area contributed by atoms with Crippen LogP contribution in [0.3, 0.4) is 0 Å². The van der Waals surface area contributed by atoms with Gasteiger partial charge in [0.1, 0.15) is 12.5 Å². The summed E-state index contributed by atoms with van der Waals surface area (Å²) in [7, 11) is 0. The number of hydrogen-bond acceptors (Lipinski definition) is 1. The second kappa shape index (κ2) is 4.63. The van der Waals surface area contributed by atoms with Crippen LogP contribution in [-0.2, 0) is 11.0 Å². The van der Waals surface area contributed by atoms with Crippen LogP contribution in [0.5, 0.6) is 0 Å². The van der Waals surface area contributed by atoms with E-state index in [1.807, 2.05) is 0 Å². The van der Waals surface area contributed by atoms with E-state index in [9.17, 15) is 22.4 Å². The van der Waals surface area contributed by atoms with Crippen LogP contribution in [0.1, 0.15) is 24.0 Å². The van der Waals surface area contributed by atoms with E-state index in [4.69, 9.17) is 0 Å². The van der Waals surface area contributed by atoms with Gasteiger partial charge in [-0.3, -0.25) is 0 Å². The van der Waals surface area contributed by atoms with Crippen LogP contribution in [0.25, 0.3) is 0 Å². The van der Waals surface area contributed by atoms with Crippen molar-refractivity contribution in [3.8, 4) is 0 Å². The Balaban J connectivity index is 3.11. The number of rotatable bonds is 3. The summed E-state index contributed by atoms with van der Waals surface area (Å²) < 4.78 is 50.0. The highest BCUT2D eigenvalue weighted by Crippen LogP contribution is 2.31. The van der Waals surface area contributed by atoms with Gasteiger partial charge in [-0.15, -0.1) is 0 Å². The summed E-state index contributed by atoms with van der Waals surface area (Å²) in [5, 5.41) is 0. The predicted octanol–water partition coefficient (Wildman–Crippen LogP) is 3.35. The topological polar surface area (TPSA) is 17.1 Å². The zero-order chi connectivity index (χ0) is 12.3. The highest BCUT2D eigenvalue weighted by atomic mass is 19.4. The molecule has 1 aromatic carbocycles. The molecule has 1 nitrogen and oxygen atoms in total. The lowest BCUT2D eigenvalue weighted by Crippen LogP contribution is -2.13. The molecule has 0 heterocycles. The van der Waals surface area contributed by atoms with Crippen LogP contribution in [0, 0.1) is 0 Å². The molecule has 0 N–H and O–H groups in total. The van der Waals surface area contributed by atoms with E-state index in [0.29, 0.717) is 6.29 Å². The average molecular weight is 234 g/mol. The molecular formula is C11H10F4O. The second-order valence-corrected chi connectivity index (χ2v) is 3.46. The van der Waals surface area contributed by atoms with Crippen molar-refractivity contribution in [2.75, 3.05) is 0 Å². The van der Waals surface area contributed by atoms with Crippen molar-refractivity contribution in [3.05, 3.63) is 35.4 Å². The standard InChI is InChI=1S/C11H10F4O/c1-7(12)10(6-16)8-3-2-4-9(5-8)11(13,14)15/h2-7,10H,1H3. The van der Waals surface area contributed by atoms with Crippen LogP contribution < -0.4 is 0 Å². The van der Waals surface area contributed by atoms with E-state index >= 15 is 0 Å². The fourth-order valence-electron chi connectivity index (χ4n) is 1.37. The number of halogens is 4. The molecule has 0 amide bonds. The van der Waals surface area contributed by atoms with Gasteiger partial charge in [0.25, 0.3) is 0 Å². The molecule has 0 bridgehead atoms. The quantitative estimate of drug-likeness (QED) is 0.579. The van der Waals surface area contributed by atoms with Crippen molar-refractivity contribution in [1.82, 2.24) is 0 Å². The first-order valence-electron chi connectivity index (χ1n) is 4.62. The minimum Gasteiger partial charge on any atom is -0.303 e. The molecule has 2 unspecified atom stereocenters. The smallest absolute Gasteiger partial charge is 0.303 e. The number of aldehydes is 1. The van der Waals surface area contributed by atoms with Gasteiger partial charge in [-0.05, 0) is 18.6 Å². The Bertz CT molecular complexity index is 370. The fraction of sp³-hybridized carbons (Fsp3) is 0.364. The van der Waals surface area contributed by atoms with Crippen molar-refractivity contribution in [2.45, 2.75) is 25.2 Å². The SMILES string of the molecule is CC(F)C(C=O)c1cccc(C(F)(F)F)c1. The lowest BCUT2D eigenvalue weighted by Gasteiger charge is -2.14. The van der Waals surface area contributed by atoms with Gasteiger partial charge in [-0.2, -0.15) is 13.2 Å². The zero-order valence-corrected chi connectivity index (χ0v) is 8.46. The highest BCUT2D eigenvalue weighted by Gasteiger charge is 2.31. The summed E-state index contributed by atoms with van der Waals surface area (Å²) in [5.41, 5.74) is -0.836. The lowest BCUT2D eigenvalue weighted by molar-refractivity contribution is -0.137. The Morgan fingerprint density at radius 2 is 1.94 bits per heavy atom. The summed E-state index contributed by atoms with van der Waals surface area (Å²) in [6.45, 7) is 1.14. The van der Waals surface area contributed by atoms with Gasteiger partial charge in [-0.25, -0.2) is 4.39 Å². The Morgan fingerprint density at radius 3 is 2.38 bits per heavy atom. The minimum atomic E-state index is -4.48. The van der Waals surface area contributed by atoms with Gasteiger partial charge in [-0.1, -0.05) is 18.2 Å². The lowest BCUT2D eigenvalue weighted by atomic mass is 9.95. The molecule has 0 aliphatic carbocycles. The maximum Gasteiger partial charge on any atom is 0.416 e. The van der Waals surface area contributed by atoms with E-state index in [1.54, 1.807) is 0 Å². The largest absolute Gasteiger partial charge is 0.416 e. The second-order valence-electron chi connectivity index (χ2n) is 3.46. The molecule has 1 rings (SSSR count). The van der Waals surface area contributed by atoms with Crippen LogP contribution >= 0.6 is 0 Å². The molecule has 16 heavy (non-hydrogen) atoms. The van der Waals surface area contributed by atoms with E-state index < -0.39 is 23.8 Å². The van der Waals surface area contributed by atoms with E-state index in [2.05, 4.69) is 0 Å². The number of hydrogen-bond donors (Lipinski definition) is 0. The van der Waals surface area contributed by atoms with E-state index in [0.717, 1.165) is 25.1 Å². The molecule has 0 fully saturated rings. The fourth-order valence-corrected chi connectivity index (χ4v) is 1.37. The first-order valence-corrected chi connectivity index (χ1v) is 4.62. The number of benzene rings is 1. The normalized spacial score (nSPS) is 15.6. The Morgan fingerprint density at radius 1 is 1.31 bits per heavy atom. The van der Waals surface area contributed by atoms with Gasteiger partial charge in [0, 0.05) is 0 Å². The summed E-state index contributed by atoms with van der Waals surface area (Å²) in [6, 6.07) is 4.16. The maximum absolute atomic E-state index is 13.0. The summed E-state index contributed by atoms with van der Waals surface area (Å²) >= 11 is 0. The van der Waals surface area contributed by atoms with Gasteiger partial charge in [0.2, 0.25) is 0 Å². The molecule has 0 spiro atoms. The Labute approximate surface area is 90.1 Å². The van der Waals surface area contributed by atoms with Gasteiger partial charge >= 0.3 is 6.18 Å². The monoisotopic (exact) mass is 234 g/mol. The van der Waals surface area contributed by atoms with Crippen LogP contribution in [0.2, 0.25) is 0 Å². The van der Waals surface area contributed by atoms with Crippen LogP contribution in [-0.4, -0.2) is 12.5 Å². The molecule has 2 atom stereocenters. The van der Waals surface area contributed by atoms with Crippen molar-refractivity contribution in [2.24, 2.45) is 0 Å². The first kappa shape index (κ1) is 12.7. The molecule has 88 valence electrons. The van der Waals surface area contributed by atoms with Crippen molar-refractivity contribution >= 4 is 6.29 Å². The summed E-state index contributed by atoms with van der Waals surface area (Å²) in [6.07, 6.45) is -5.68. The molecule has 0 aliphatic heterocycles. The van der Waals surface area contributed by atoms with Crippen molar-refractivity contribution < 1.29 is 22.4 Å². The molecule has 5 heteroatoms. The summed E-state index contributed by atoms with van der Waals surface area (Å²) in [5.74, 6) is -1.15. The van der Waals surface area contributed by atoms with Crippen molar-refractivity contribution in [3.63, 3.8) is 0 Å². The molecule has 0 aromatic heterocycles. The van der Waals surface area contributed by atoms with Gasteiger partial charge in [0.15, 0.2) is 0 Å². The zero-order valence-electron chi connectivity index (χ0n) is 8.46. The Hall–Kier alpha value is -1.39. The third-order valence-electron chi connectivity index (χ3n) is 2.24. The van der Waals surface area contributed by atoms with E-state index in [-0.39, 0.29) is 5.56 Å². The minimum absolute atomic E-state index is 0.0415. The van der Waals surface area contributed by atoms with Gasteiger partial charge in [0.05, 0.1) is 11.5 Å². The third kappa shape index (κ3) is 2.81. The number of alkyl halides is 4. The molecule has 0 saturated heterocycles. The average Bonchev–Trinajstić information content (AvgIpc) is 2.17. The molecular weight excluding hydrogens is 224 g/mol. The van der Waals surface area contributed by atoms with Gasteiger partial charge < -0.3 is 4.79 Å². The molecule has 0 saturated carbocycles. The predicted molar refractivity (Wildman–Crippen MR) is 50.8 cm³/mol. The van der Waals surface area contributed by atoms with E-state index in [1.165, 1.54) is 6.07 Å². The number of carbonyl (C=O) groups is 1. The maximum atomic E-state index is 13.0. The van der Waals surface area contributed by atoms with Crippen LogP contribution in [0.4, 0.5) is 17.6 Å². The van der Waals surface area contributed by atoms with Crippen LogP contribution in [0.15, 0.2) is 24.3 Å². The summed E-state index contributed by atoms with van der Waals surface area (Å²) in [4.78, 5) is 10.6. The first-order chi connectivity index (χ1) is 7.36. The third-order valence-corrected chi connectivity index (χ3v) is 2.24. The van der Waals surface area contributed by atoms with Crippen molar-refractivity contribution in [1.29, 1.82) is 0 Å². The Kier molecular flexibility index (Phi) is 3.67.